The molecule has 20 nitrogen and oxygen atoms in total. The Kier molecular flexibility index (Phi) is 28.6. The van der Waals surface area contributed by atoms with E-state index < -0.39 is 21.7 Å². The van der Waals surface area contributed by atoms with Crippen LogP contribution in [0.1, 0.15) is 150 Å². The SMILES string of the molecule is CC1(C)c2[c-]c(ccc2)-c2cn(-c3ccccc3)c(n2)C(C)(C)c2[c-]c(ccc2)-c2cn(-c3ccccc3)c1n2.CC1(C)c2[c-]c(ccc2)-c2nc(n(-c3ccccc3)n2)C(C)(C)c2[c-]c(ccc2)-c2nc1n(-c1ccccc1)n2.CC1(C)c2[c-]c(cnc2)-c2csc(n2)C(C)(C)c2[c-]c(cnc2)-c2csc1n2.[Pt+2].[Pt+2].[Pt+2].[Pt+2].[c-]1c2cccc1N(c1ccccc1)c1nc(co1)-c1[c-]c(ccc1)N(c1ccccc1)c1nc-2co1. The number of imidazole rings is 2. The first-order valence-electron chi connectivity index (χ1n) is 47.7. The first-order chi connectivity index (χ1) is 69.8. The van der Waals surface area contributed by atoms with Gasteiger partial charge in [-0.15, -0.1) is 258 Å². The summed E-state index contributed by atoms with van der Waals surface area (Å²) in [5, 5.41) is 16.3. The van der Waals surface area contributed by atoms with Gasteiger partial charge in [0.05, 0.1) is 45.6 Å². The molecular weight excluding hydrogens is 2590 g/mol. The van der Waals surface area contributed by atoms with Crippen molar-refractivity contribution in [3.05, 3.63) is 467 Å². The first kappa shape index (κ1) is 102. The zero-order valence-electron chi connectivity index (χ0n) is 82.4. The molecule has 4 aliphatic rings. The average Bonchev–Trinajstić information content (AvgIpc) is 1.59. The molecular formula is C122H94N18O2Pt4S2. The first-order valence-corrected chi connectivity index (χ1v) is 49.4. The van der Waals surface area contributed by atoms with Gasteiger partial charge in [0, 0.05) is 89.4 Å². The van der Waals surface area contributed by atoms with Crippen molar-refractivity contribution in [1.82, 2.24) is 78.5 Å². The molecule has 0 amide bonds. The molecule has 22 aromatic rings. The van der Waals surface area contributed by atoms with Crippen molar-refractivity contribution in [3.8, 4) is 113 Å². The molecule has 0 saturated carbocycles. The van der Waals surface area contributed by atoms with Crippen molar-refractivity contribution in [2.24, 2.45) is 0 Å². The van der Waals surface area contributed by atoms with Gasteiger partial charge in [-0.1, -0.05) is 217 Å². The third-order valence-corrected chi connectivity index (χ3v) is 29.5. The van der Waals surface area contributed by atoms with Gasteiger partial charge in [0.15, 0.2) is 0 Å². The van der Waals surface area contributed by atoms with Gasteiger partial charge >= 0.3 is 84.3 Å². The van der Waals surface area contributed by atoms with Gasteiger partial charge in [-0.2, -0.15) is 10.2 Å². The second-order valence-corrected chi connectivity index (χ2v) is 40.8. The minimum Gasteiger partial charge on any atom is -0.442 e. The third kappa shape index (κ3) is 19.3. The summed E-state index contributed by atoms with van der Waals surface area (Å²) in [7, 11) is 0. The number of fused-ring (bicyclic) bond motifs is 40. The topological polar surface area (TPSA) is 207 Å². The fourth-order valence-corrected chi connectivity index (χ4v) is 20.5. The van der Waals surface area contributed by atoms with Crippen LogP contribution in [0.2, 0.25) is 0 Å². The number of pyridine rings is 2. The summed E-state index contributed by atoms with van der Waals surface area (Å²) in [5.74, 6) is 4.80. The number of anilines is 6. The number of hydrogen-bond acceptors (Lipinski definition) is 18. The Morgan fingerprint density at radius 1 is 0.243 bits per heavy atom. The third-order valence-electron chi connectivity index (χ3n) is 27.2. The number of aromatic nitrogens is 16. The predicted molar refractivity (Wildman–Crippen MR) is 566 cm³/mol. The van der Waals surface area contributed by atoms with E-state index in [2.05, 4.69) is 295 Å². The summed E-state index contributed by atoms with van der Waals surface area (Å²) in [6.45, 7) is 26.2. The van der Waals surface area contributed by atoms with Crippen molar-refractivity contribution < 1.29 is 93.1 Å². The number of nitrogens with zero attached hydrogens (tertiary/aromatic N) is 18. The molecule has 10 aromatic heterocycles. The molecule has 14 heterocycles. The molecule has 26 heteroatoms. The van der Waals surface area contributed by atoms with E-state index in [9.17, 15) is 0 Å². The Bertz CT molecular complexity index is 7750. The molecule has 0 radical (unpaired) electrons. The molecule has 736 valence electrons. The molecule has 0 N–H and O–H groups in total. The van der Waals surface area contributed by atoms with Crippen molar-refractivity contribution in [2.45, 2.75) is 116 Å². The number of hydrogen-bond donors (Lipinski definition) is 0. The van der Waals surface area contributed by atoms with Gasteiger partial charge < -0.3 is 27.9 Å². The zero-order valence-corrected chi connectivity index (χ0v) is 93.2. The van der Waals surface area contributed by atoms with E-state index in [-0.39, 0.29) is 95.1 Å². The molecule has 0 atom stereocenters. The van der Waals surface area contributed by atoms with Crippen LogP contribution in [0, 0.1) is 48.5 Å². The van der Waals surface area contributed by atoms with E-state index in [0.29, 0.717) is 35.1 Å². The smallest absolute Gasteiger partial charge is 0.442 e. The Labute approximate surface area is 925 Å². The van der Waals surface area contributed by atoms with Crippen molar-refractivity contribution in [3.63, 3.8) is 0 Å². The minimum absolute atomic E-state index is 0. The summed E-state index contributed by atoms with van der Waals surface area (Å²) in [6.07, 6.45) is 15.0. The minimum atomic E-state index is -0.525. The summed E-state index contributed by atoms with van der Waals surface area (Å²) >= 11 is 3.30. The molecule has 4 aliphatic heterocycles. The molecule has 26 rings (SSSR count). The standard InChI is InChI=1S/C36H30N4.C34H28N6.C30H18N4O2.C22H18N4S2.4Pt/c1-35(2)27-15-11-13-25(21-27)32-24-40(30-19-9-6-10-20-30)34(38-32)36(3,4)28-16-12-14-26(22-28)31-23-39(33(35)37-31)29-17-7-5-8-18-29;1-33(2)25-15-11-13-23(21-25)30-36-32(40(38-30)28-19-9-6-10-20-28)34(3,4)26-16-12-14-24(22-26)29-35-31(33)39(37-29)27-17-7-5-8-18-27;1-3-11-23(12-4-1)33-25-15-7-9-21(17-25)28-20-36-30(32-28)34(24-13-5-2-6-14-24)26-16-8-10-22(18-26)27-19-35-29(33)31-27;1-21(2)15-5-13(7-23-9-15)18-12-28-20(26-18)22(3,4)16-6-14(8-24-10-16)17-11-27-19(21)25-17;;;;/h5-20,23-24H,1-4H3;5-20H,1-4H3;1-16,19-20H;7-12H,1-4H3;;;;/q4*-2;4*+2. The zero-order chi connectivity index (χ0) is 98.4. The molecule has 148 heavy (non-hydrogen) atoms. The van der Waals surface area contributed by atoms with Crippen LogP contribution in [0.4, 0.5) is 34.8 Å². The van der Waals surface area contributed by atoms with Crippen LogP contribution in [0.5, 0.6) is 0 Å². The van der Waals surface area contributed by atoms with Crippen LogP contribution in [0.15, 0.2) is 360 Å². The Morgan fingerprint density at radius 2 is 0.541 bits per heavy atom. The van der Waals surface area contributed by atoms with E-state index in [1.165, 1.54) is 0 Å². The van der Waals surface area contributed by atoms with E-state index in [0.717, 1.165) is 179 Å². The maximum atomic E-state index is 6.02. The van der Waals surface area contributed by atoms with E-state index in [4.69, 9.17) is 58.9 Å². The predicted octanol–water partition coefficient (Wildman–Crippen LogP) is 27.8. The van der Waals surface area contributed by atoms with Gasteiger partial charge in [0.1, 0.15) is 23.3 Å². The largest absolute Gasteiger partial charge is 2.00 e. The Balaban J connectivity index is 0.000000124. The number of oxazole rings is 2. The second kappa shape index (κ2) is 41.4. The van der Waals surface area contributed by atoms with Crippen LogP contribution in [0.3, 0.4) is 0 Å². The van der Waals surface area contributed by atoms with E-state index in [1.807, 2.05) is 214 Å². The average molecular weight is 2690 g/mol. The fourth-order valence-electron chi connectivity index (χ4n) is 18.6. The maximum absolute atomic E-state index is 6.02. The normalized spacial score (nSPS) is 14.2. The van der Waals surface area contributed by atoms with Gasteiger partial charge in [-0.05, 0) is 107 Å². The Hall–Kier alpha value is -14.3. The molecule has 0 aliphatic carbocycles. The second-order valence-electron chi connectivity index (χ2n) is 39.1. The van der Waals surface area contributed by atoms with Crippen molar-refractivity contribution in [1.29, 1.82) is 0 Å². The quantitative estimate of drug-likeness (QED) is 0.142. The van der Waals surface area contributed by atoms with Crippen LogP contribution in [0.25, 0.3) is 113 Å². The summed E-state index contributed by atoms with van der Waals surface area (Å²) in [4.78, 5) is 53.2. The molecule has 12 aromatic carbocycles. The summed E-state index contributed by atoms with van der Waals surface area (Å²) in [6, 6.07) is 128. The number of rotatable bonds is 6. The van der Waals surface area contributed by atoms with Crippen LogP contribution in [-0.4, -0.2) is 78.5 Å². The van der Waals surface area contributed by atoms with Crippen LogP contribution >= 0.6 is 22.7 Å². The van der Waals surface area contributed by atoms with Crippen LogP contribution in [-0.2, 0) is 117 Å². The summed E-state index contributed by atoms with van der Waals surface area (Å²) in [5.41, 5.74) is 22.9. The molecule has 0 fully saturated rings. The fraction of sp³-hybridized carbons (Fsp3) is 0.148. The molecule has 0 saturated heterocycles. The molecule has 32 bridgehead atoms. The maximum Gasteiger partial charge on any atom is 2.00 e. The Morgan fingerprint density at radius 3 is 0.892 bits per heavy atom. The van der Waals surface area contributed by atoms with E-state index >= 15 is 0 Å². The monoisotopic (exact) mass is 2690 g/mol. The van der Waals surface area contributed by atoms with Crippen LogP contribution < -0.4 is 9.80 Å². The number of para-hydroxylation sites is 6. The number of benzene rings is 12. The van der Waals surface area contributed by atoms with Gasteiger partial charge in [-0.25, -0.2) is 19.3 Å². The van der Waals surface area contributed by atoms with E-state index in [1.54, 1.807) is 35.2 Å². The van der Waals surface area contributed by atoms with Gasteiger partial charge in [0.2, 0.25) is 0 Å². The molecule has 0 unspecified atom stereocenters. The molecule has 0 spiro atoms. The van der Waals surface area contributed by atoms with Gasteiger partial charge in [-0.3, -0.25) is 39.7 Å². The van der Waals surface area contributed by atoms with Gasteiger partial charge in [0.25, 0.3) is 12.0 Å². The summed E-state index contributed by atoms with van der Waals surface area (Å²) < 4.78 is 20.4. The van der Waals surface area contributed by atoms with Crippen molar-refractivity contribution in [2.75, 3.05) is 9.80 Å². The van der Waals surface area contributed by atoms with Crippen molar-refractivity contribution >= 4 is 57.5 Å². The number of thiazole rings is 2.